The highest BCUT2D eigenvalue weighted by Crippen LogP contribution is 2.28. The summed E-state index contributed by atoms with van der Waals surface area (Å²) < 4.78 is 0. The third kappa shape index (κ3) is 2.74. The predicted molar refractivity (Wildman–Crippen MR) is 99.1 cm³/mol. The molecule has 0 atom stereocenters. The van der Waals surface area contributed by atoms with Gasteiger partial charge in [0.1, 0.15) is 0 Å². The topological polar surface area (TPSA) is 62.0 Å². The van der Waals surface area contributed by atoms with Crippen LogP contribution in [0.15, 0.2) is 42.5 Å². The Balaban J connectivity index is 1.65. The van der Waals surface area contributed by atoms with Crippen LogP contribution in [-0.4, -0.2) is 16.7 Å². The van der Waals surface area contributed by atoms with E-state index in [9.17, 15) is 9.59 Å². The van der Waals surface area contributed by atoms with E-state index in [0.29, 0.717) is 5.56 Å². The van der Waals surface area contributed by atoms with E-state index in [1.54, 1.807) is 0 Å². The van der Waals surface area contributed by atoms with Gasteiger partial charge in [0.25, 0.3) is 11.7 Å². The fraction of sp³-hybridized carbons (Fsp3) is 0.238. The first-order chi connectivity index (χ1) is 12.1. The number of H-pyrrole nitrogens is 1. The third-order valence-electron chi connectivity index (χ3n) is 4.97. The molecule has 126 valence electrons. The molecule has 3 aromatic rings. The lowest BCUT2D eigenvalue weighted by molar-refractivity contribution is -0.112. The van der Waals surface area contributed by atoms with Crippen molar-refractivity contribution >= 4 is 28.3 Å². The zero-order valence-electron chi connectivity index (χ0n) is 14.2. The second-order valence-corrected chi connectivity index (χ2v) is 6.60. The molecule has 4 rings (SSSR count). The summed E-state index contributed by atoms with van der Waals surface area (Å²) in [7, 11) is 0. The van der Waals surface area contributed by atoms with Crippen LogP contribution in [0.25, 0.3) is 10.9 Å². The molecule has 0 saturated heterocycles. The van der Waals surface area contributed by atoms with Crippen LogP contribution in [-0.2, 0) is 17.6 Å². The summed E-state index contributed by atoms with van der Waals surface area (Å²) in [6, 6.07) is 13.5. The summed E-state index contributed by atoms with van der Waals surface area (Å²) in [6.45, 7) is 1.82. The molecule has 0 bridgehead atoms. The number of carbonyl (C=O) groups is 2. The summed E-state index contributed by atoms with van der Waals surface area (Å²) in [5, 5.41) is 3.63. The Morgan fingerprint density at radius 2 is 1.80 bits per heavy atom. The number of fused-ring (bicyclic) bond motifs is 2. The Kier molecular flexibility index (Phi) is 3.88. The first-order valence-corrected chi connectivity index (χ1v) is 8.69. The van der Waals surface area contributed by atoms with Crippen molar-refractivity contribution in [2.75, 3.05) is 5.32 Å². The lowest BCUT2D eigenvalue weighted by Gasteiger charge is -2.19. The summed E-state index contributed by atoms with van der Waals surface area (Å²) in [4.78, 5) is 28.6. The van der Waals surface area contributed by atoms with E-state index >= 15 is 0 Å². The van der Waals surface area contributed by atoms with Crippen LogP contribution >= 0.6 is 0 Å². The highest BCUT2D eigenvalue weighted by Gasteiger charge is 2.24. The molecule has 0 radical (unpaired) electrons. The standard InChI is InChI=1S/C21H20N2O2/c1-13-19(16-10-4-5-11-18(16)22-13)20(24)21(25)23-17-12-6-8-14-7-2-3-9-15(14)17/h4-6,8,10-12,22H,2-3,7,9H2,1H3,(H,23,25). The van der Waals surface area contributed by atoms with E-state index in [-0.39, 0.29) is 0 Å². The quantitative estimate of drug-likeness (QED) is 0.558. The van der Waals surface area contributed by atoms with E-state index in [1.165, 1.54) is 17.5 Å². The van der Waals surface area contributed by atoms with Gasteiger partial charge >= 0.3 is 0 Å². The normalized spacial score (nSPS) is 13.5. The fourth-order valence-corrected chi connectivity index (χ4v) is 3.76. The monoisotopic (exact) mass is 332 g/mol. The molecule has 1 heterocycles. The van der Waals surface area contributed by atoms with Gasteiger partial charge in [-0.15, -0.1) is 0 Å². The van der Waals surface area contributed by atoms with Crippen LogP contribution in [0, 0.1) is 6.92 Å². The van der Waals surface area contributed by atoms with Crippen molar-refractivity contribution in [1.29, 1.82) is 0 Å². The van der Waals surface area contributed by atoms with E-state index in [0.717, 1.165) is 41.5 Å². The maximum Gasteiger partial charge on any atom is 0.296 e. The number of ketones is 1. The SMILES string of the molecule is Cc1[nH]c2ccccc2c1C(=O)C(=O)Nc1cccc2c1CCCC2. The van der Waals surface area contributed by atoms with E-state index in [4.69, 9.17) is 0 Å². The number of hydrogen-bond acceptors (Lipinski definition) is 2. The molecular formula is C21H20N2O2. The molecule has 0 unspecified atom stereocenters. The Labute approximate surface area is 146 Å². The van der Waals surface area contributed by atoms with Gasteiger partial charge in [0.2, 0.25) is 0 Å². The molecule has 4 heteroatoms. The number of aryl methyl sites for hydroxylation is 2. The van der Waals surface area contributed by atoms with Gasteiger partial charge in [0, 0.05) is 22.3 Å². The molecule has 1 aromatic heterocycles. The van der Waals surface area contributed by atoms with E-state index < -0.39 is 11.7 Å². The molecule has 0 saturated carbocycles. The van der Waals surface area contributed by atoms with Gasteiger partial charge in [0.05, 0.1) is 5.56 Å². The number of Topliss-reactive ketones (excluding diaryl/α,β-unsaturated/α-hetero) is 1. The van der Waals surface area contributed by atoms with Crippen molar-refractivity contribution in [2.24, 2.45) is 0 Å². The number of amides is 1. The van der Waals surface area contributed by atoms with Crippen molar-refractivity contribution in [1.82, 2.24) is 4.98 Å². The summed E-state index contributed by atoms with van der Waals surface area (Å²) >= 11 is 0. The van der Waals surface area contributed by atoms with E-state index in [1.807, 2.05) is 43.3 Å². The molecule has 2 N–H and O–H groups in total. The largest absolute Gasteiger partial charge is 0.358 e. The van der Waals surface area contributed by atoms with Gasteiger partial charge < -0.3 is 10.3 Å². The predicted octanol–water partition coefficient (Wildman–Crippen LogP) is 4.18. The maximum absolute atomic E-state index is 12.8. The maximum atomic E-state index is 12.8. The average Bonchev–Trinajstić information content (AvgIpc) is 2.97. The molecule has 2 aromatic carbocycles. The Bertz CT molecular complexity index is 985. The third-order valence-corrected chi connectivity index (χ3v) is 4.97. The zero-order chi connectivity index (χ0) is 17.4. The lowest BCUT2D eigenvalue weighted by Crippen LogP contribution is -2.24. The van der Waals surface area contributed by atoms with Gasteiger partial charge in [0.15, 0.2) is 0 Å². The zero-order valence-corrected chi connectivity index (χ0v) is 14.2. The number of aromatic nitrogens is 1. The van der Waals surface area contributed by atoms with Crippen molar-refractivity contribution in [2.45, 2.75) is 32.6 Å². The van der Waals surface area contributed by atoms with Gasteiger partial charge in [-0.2, -0.15) is 0 Å². The lowest BCUT2D eigenvalue weighted by atomic mass is 9.90. The number of hydrogen-bond donors (Lipinski definition) is 2. The van der Waals surface area contributed by atoms with Gasteiger partial charge in [-0.1, -0.05) is 30.3 Å². The van der Waals surface area contributed by atoms with Crippen molar-refractivity contribution in [3.05, 3.63) is 64.8 Å². The molecule has 0 spiro atoms. The second kappa shape index (κ2) is 6.20. The summed E-state index contributed by atoms with van der Waals surface area (Å²) in [5.41, 5.74) is 5.26. The Morgan fingerprint density at radius 3 is 2.68 bits per heavy atom. The van der Waals surface area contributed by atoms with Gasteiger partial charge in [-0.05, 0) is 55.9 Å². The highest BCUT2D eigenvalue weighted by molar-refractivity contribution is 6.48. The van der Waals surface area contributed by atoms with Gasteiger partial charge in [-0.3, -0.25) is 9.59 Å². The first kappa shape index (κ1) is 15.6. The average molecular weight is 332 g/mol. The van der Waals surface area contributed by atoms with Crippen LogP contribution in [0.5, 0.6) is 0 Å². The molecule has 4 nitrogen and oxygen atoms in total. The van der Waals surface area contributed by atoms with Crippen LogP contribution in [0.2, 0.25) is 0 Å². The molecule has 0 aliphatic heterocycles. The fourth-order valence-electron chi connectivity index (χ4n) is 3.76. The van der Waals surface area contributed by atoms with Crippen molar-refractivity contribution in [3.63, 3.8) is 0 Å². The number of para-hydroxylation sites is 1. The minimum atomic E-state index is -0.577. The first-order valence-electron chi connectivity index (χ1n) is 8.69. The number of carbonyl (C=O) groups excluding carboxylic acids is 2. The van der Waals surface area contributed by atoms with Crippen molar-refractivity contribution in [3.8, 4) is 0 Å². The molecule has 1 aliphatic rings. The molecule has 1 amide bonds. The summed E-state index contributed by atoms with van der Waals surface area (Å²) in [6.07, 6.45) is 4.29. The minimum Gasteiger partial charge on any atom is -0.358 e. The Morgan fingerprint density at radius 1 is 1.00 bits per heavy atom. The van der Waals surface area contributed by atoms with Crippen LogP contribution in [0.3, 0.4) is 0 Å². The van der Waals surface area contributed by atoms with E-state index in [2.05, 4.69) is 16.4 Å². The number of aromatic amines is 1. The number of nitrogens with one attached hydrogen (secondary N) is 2. The molecule has 1 aliphatic carbocycles. The number of benzene rings is 2. The molecular weight excluding hydrogens is 312 g/mol. The van der Waals surface area contributed by atoms with Crippen LogP contribution < -0.4 is 5.32 Å². The van der Waals surface area contributed by atoms with Crippen molar-refractivity contribution < 1.29 is 9.59 Å². The number of rotatable bonds is 3. The van der Waals surface area contributed by atoms with Crippen LogP contribution in [0.1, 0.15) is 40.0 Å². The molecule has 25 heavy (non-hydrogen) atoms. The highest BCUT2D eigenvalue weighted by atomic mass is 16.2. The van der Waals surface area contributed by atoms with Crippen LogP contribution in [0.4, 0.5) is 5.69 Å². The summed E-state index contributed by atoms with van der Waals surface area (Å²) in [5.74, 6) is -1.07. The molecule has 0 fully saturated rings. The number of anilines is 1. The van der Waals surface area contributed by atoms with Gasteiger partial charge in [-0.25, -0.2) is 0 Å². The second-order valence-electron chi connectivity index (χ2n) is 6.60. The Hall–Kier alpha value is -2.88. The minimum absolute atomic E-state index is 0.456. The smallest absolute Gasteiger partial charge is 0.296 e.